The summed E-state index contributed by atoms with van der Waals surface area (Å²) in [6.45, 7) is 2.71. The summed E-state index contributed by atoms with van der Waals surface area (Å²) in [5.41, 5.74) is 1.40. The summed E-state index contributed by atoms with van der Waals surface area (Å²) >= 11 is 0. The number of nitrogens with one attached hydrogen (secondary N) is 1. The van der Waals surface area contributed by atoms with Crippen LogP contribution in [0.4, 0.5) is 0 Å². The highest BCUT2D eigenvalue weighted by molar-refractivity contribution is 5.94. The first-order valence-electron chi connectivity index (χ1n) is 9.87. The lowest BCUT2D eigenvalue weighted by Crippen LogP contribution is -2.46. The number of carbonyl (C=O) groups is 3. The highest BCUT2D eigenvalue weighted by Gasteiger charge is 2.33. The zero-order valence-corrected chi connectivity index (χ0v) is 16.5. The van der Waals surface area contributed by atoms with E-state index in [-0.39, 0.29) is 24.2 Å². The van der Waals surface area contributed by atoms with Gasteiger partial charge in [-0.1, -0.05) is 55.5 Å². The van der Waals surface area contributed by atoms with Crippen molar-refractivity contribution in [2.75, 3.05) is 13.1 Å². The van der Waals surface area contributed by atoms with Gasteiger partial charge >= 0.3 is 5.97 Å². The van der Waals surface area contributed by atoms with Crippen molar-refractivity contribution in [1.82, 2.24) is 10.2 Å². The van der Waals surface area contributed by atoms with Gasteiger partial charge < -0.3 is 15.3 Å². The lowest BCUT2D eigenvalue weighted by Gasteiger charge is -2.35. The zero-order chi connectivity index (χ0) is 20.8. The molecule has 3 unspecified atom stereocenters. The normalized spacial score (nSPS) is 20.0. The number of benzene rings is 2. The van der Waals surface area contributed by atoms with Crippen LogP contribution < -0.4 is 5.32 Å². The number of nitrogens with zero attached hydrogens (tertiary/aromatic N) is 1. The van der Waals surface area contributed by atoms with Gasteiger partial charge in [0.2, 0.25) is 5.91 Å². The van der Waals surface area contributed by atoms with E-state index in [0.717, 1.165) is 5.56 Å². The molecule has 0 aliphatic carbocycles. The Hall–Kier alpha value is -3.15. The second-order valence-corrected chi connectivity index (χ2v) is 7.56. The molecule has 1 heterocycles. The monoisotopic (exact) mass is 394 g/mol. The lowest BCUT2D eigenvalue weighted by atomic mass is 9.86. The van der Waals surface area contributed by atoms with Gasteiger partial charge in [0.05, 0.1) is 18.4 Å². The number of carboxylic acid groups (broad SMARTS) is 1. The second kappa shape index (κ2) is 9.37. The molecule has 0 spiro atoms. The molecule has 0 saturated carbocycles. The smallest absolute Gasteiger partial charge is 0.306 e. The van der Waals surface area contributed by atoms with Gasteiger partial charge in [0.25, 0.3) is 5.91 Å². The van der Waals surface area contributed by atoms with Crippen molar-refractivity contribution in [2.45, 2.75) is 25.8 Å². The molecule has 152 valence electrons. The van der Waals surface area contributed by atoms with Crippen molar-refractivity contribution >= 4 is 17.8 Å². The maximum atomic E-state index is 12.9. The number of carbonyl (C=O) groups excluding carboxylic acids is 2. The number of likely N-dealkylation sites (tertiary alicyclic amines) is 1. The van der Waals surface area contributed by atoms with Crippen LogP contribution in [-0.2, 0) is 9.59 Å². The van der Waals surface area contributed by atoms with Crippen molar-refractivity contribution in [3.05, 3.63) is 71.8 Å². The number of hydrogen-bond acceptors (Lipinski definition) is 3. The molecule has 0 bridgehead atoms. The van der Waals surface area contributed by atoms with Gasteiger partial charge in [-0.25, -0.2) is 0 Å². The van der Waals surface area contributed by atoms with Crippen LogP contribution in [-0.4, -0.2) is 40.9 Å². The van der Waals surface area contributed by atoms with E-state index in [2.05, 4.69) is 5.32 Å². The Morgan fingerprint density at radius 1 is 1.07 bits per heavy atom. The molecule has 2 N–H and O–H groups in total. The molecule has 2 amide bonds. The third-order valence-electron chi connectivity index (χ3n) is 5.50. The minimum atomic E-state index is -0.804. The maximum absolute atomic E-state index is 12.9. The number of carboxylic acids is 1. The van der Waals surface area contributed by atoms with Crippen LogP contribution >= 0.6 is 0 Å². The maximum Gasteiger partial charge on any atom is 0.306 e. The quantitative estimate of drug-likeness (QED) is 0.788. The largest absolute Gasteiger partial charge is 0.481 e. The fraction of sp³-hybridized carbons (Fsp3) is 0.348. The van der Waals surface area contributed by atoms with Crippen molar-refractivity contribution in [3.63, 3.8) is 0 Å². The van der Waals surface area contributed by atoms with E-state index in [1.54, 1.807) is 29.2 Å². The Balaban J connectivity index is 1.71. The van der Waals surface area contributed by atoms with Crippen LogP contribution in [0.15, 0.2) is 60.7 Å². The Morgan fingerprint density at radius 3 is 2.28 bits per heavy atom. The first kappa shape index (κ1) is 20.6. The third kappa shape index (κ3) is 5.22. The molecule has 0 aromatic heterocycles. The van der Waals surface area contributed by atoms with Gasteiger partial charge in [-0.15, -0.1) is 0 Å². The molecular weight excluding hydrogens is 368 g/mol. The number of amides is 2. The number of aliphatic carboxylic acids is 1. The fourth-order valence-electron chi connectivity index (χ4n) is 3.81. The predicted molar refractivity (Wildman–Crippen MR) is 109 cm³/mol. The lowest BCUT2D eigenvalue weighted by molar-refractivity contribution is -0.148. The van der Waals surface area contributed by atoms with Crippen molar-refractivity contribution < 1.29 is 19.5 Å². The summed E-state index contributed by atoms with van der Waals surface area (Å²) < 4.78 is 0. The molecule has 29 heavy (non-hydrogen) atoms. The van der Waals surface area contributed by atoms with Crippen LogP contribution in [0.1, 0.15) is 41.7 Å². The fourth-order valence-corrected chi connectivity index (χ4v) is 3.81. The van der Waals surface area contributed by atoms with Gasteiger partial charge in [-0.3, -0.25) is 14.4 Å². The molecule has 2 aromatic rings. The van der Waals surface area contributed by atoms with E-state index in [1.807, 2.05) is 43.3 Å². The predicted octanol–water partition coefficient (Wildman–Crippen LogP) is 3.12. The zero-order valence-electron chi connectivity index (χ0n) is 16.5. The van der Waals surface area contributed by atoms with E-state index in [9.17, 15) is 19.5 Å². The van der Waals surface area contributed by atoms with Gasteiger partial charge in [0.15, 0.2) is 0 Å². The molecule has 1 aliphatic rings. The summed E-state index contributed by atoms with van der Waals surface area (Å²) in [5.74, 6) is -1.63. The average Bonchev–Trinajstić information content (AvgIpc) is 2.74. The van der Waals surface area contributed by atoms with Crippen LogP contribution in [0.3, 0.4) is 0 Å². The number of piperidine rings is 1. The Bertz CT molecular complexity index is 854. The van der Waals surface area contributed by atoms with Crippen molar-refractivity contribution in [1.29, 1.82) is 0 Å². The molecule has 3 rings (SSSR count). The Labute approximate surface area is 170 Å². The topological polar surface area (TPSA) is 86.7 Å². The summed E-state index contributed by atoms with van der Waals surface area (Å²) in [6.07, 6.45) is 0.585. The third-order valence-corrected chi connectivity index (χ3v) is 5.50. The SMILES string of the molecule is CC1CN(C(=O)CC(NC(=O)c2ccccc2)c2ccccc2)CCC1C(=O)O. The highest BCUT2D eigenvalue weighted by Crippen LogP contribution is 2.26. The molecule has 2 aromatic carbocycles. The highest BCUT2D eigenvalue weighted by atomic mass is 16.4. The van der Waals surface area contributed by atoms with Gasteiger partial charge in [0, 0.05) is 18.7 Å². The van der Waals surface area contributed by atoms with E-state index in [1.165, 1.54) is 0 Å². The number of hydrogen-bond donors (Lipinski definition) is 2. The molecule has 1 aliphatic heterocycles. The summed E-state index contributed by atoms with van der Waals surface area (Å²) in [5, 5.41) is 12.3. The summed E-state index contributed by atoms with van der Waals surface area (Å²) in [7, 11) is 0. The van der Waals surface area contributed by atoms with Crippen LogP contribution in [0.2, 0.25) is 0 Å². The minimum Gasteiger partial charge on any atom is -0.481 e. The van der Waals surface area contributed by atoms with Crippen molar-refractivity contribution in [3.8, 4) is 0 Å². The van der Waals surface area contributed by atoms with E-state index in [4.69, 9.17) is 0 Å². The van der Waals surface area contributed by atoms with Gasteiger partial charge in [-0.2, -0.15) is 0 Å². The molecule has 0 radical (unpaired) electrons. The van der Waals surface area contributed by atoms with Crippen molar-refractivity contribution in [2.24, 2.45) is 11.8 Å². The minimum absolute atomic E-state index is 0.0806. The van der Waals surface area contributed by atoms with E-state index < -0.39 is 17.9 Å². The first-order chi connectivity index (χ1) is 14.0. The number of rotatable bonds is 6. The average molecular weight is 394 g/mol. The summed E-state index contributed by atoms with van der Waals surface area (Å²) in [6, 6.07) is 17.9. The molecule has 6 heteroatoms. The molecule has 1 saturated heterocycles. The standard InChI is InChI=1S/C23H26N2O4/c1-16-15-25(13-12-19(16)23(28)29)21(26)14-20(17-8-4-2-5-9-17)24-22(27)18-10-6-3-7-11-18/h2-11,16,19-20H,12-15H2,1H3,(H,24,27)(H,28,29). The summed E-state index contributed by atoms with van der Waals surface area (Å²) in [4.78, 5) is 38.6. The molecule has 3 atom stereocenters. The molecular formula is C23H26N2O4. The van der Waals surface area contributed by atoms with E-state index >= 15 is 0 Å². The Kier molecular flexibility index (Phi) is 6.65. The molecule has 6 nitrogen and oxygen atoms in total. The Morgan fingerprint density at radius 2 is 1.69 bits per heavy atom. The van der Waals surface area contributed by atoms with Crippen LogP contribution in [0.5, 0.6) is 0 Å². The van der Waals surface area contributed by atoms with Crippen LogP contribution in [0, 0.1) is 11.8 Å². The first-order valence-corrected chi connectivity index (χ1v) is 9.87. The van der Waals surface area contributed by atoms with E-state index in [0.29, 0.717) is 25.1 Å². The van der Waals surface area contributed by atoms with Gasteiger partial charge in [-0.05, 0) is 30.0 Å². The second-order valence-electron chi connectivity index (χ2n) is 7.56. The van der Waals surface area contributed by atoms with Gasteiger partial charge in [0.1, 0.15) is 0 Å². The molecule has 1 fully saturated rings. The van der Waals surface area contributed by atoms with Crippen LogP contribution in [0.25, 0.3) is 0 Å².